The number of aromatic hydroxyl groups is 1. The number of aryl methyl sites for hydroxylation is 2. The van der Waals surface area contributed by atoms with E-state index in [4.69, 9.17) is 9.40 Å². The molecule has 174 valence electrons. The number of pyridine rings is 1. The van der Waals surface area contributed by atoms with E-state index in [0.29, 0.717) is 30.0 Å². The fourth-order valence-electron chi connectivity index (χ4n) is 4.56. The lowest BCUT2D eigenvalue weighted by atomic mass is 9.98. The van der Waals surface area contributed by atoms with Crippen molar-refractivity contribution in [2.24, 2.45) is 0 Å². The van der Waals surface area contributed by atoms with E-state index >= 15 is 0 Å². The number of nitrogens with zero attached hydrogens (tertiary/aromatic N) is 4. The van der Waals surface area contributed by atoms with Crippen LogP contribution in [0.15, 0.2) is 53.1 Å². The number of amides is 1. The molecule has 0 saturated carbocycles. The summed E-state index contributed by atoms with van der Waals surface area (Å²) in [6.45, 7) is 9.07. The zero-order valence-corrected chi connectivity index (χ0v) is 19.9. The molecule has 0 spiro atoms. The van der Waals surface area contributed by atoms with Gasteiger partial charge >= 0.3 is 0 Å². The first-order chi connectivity index (χ1) is 16.3. The minimum atomic E-state index is -0.0316. The third-order valence-electron chi connectivity index (χ3n) is 6.34. The standard InChI is InChI=1S/C27H28N4O3/c1-16(2)31-26-24(15-28-31)23(14-25(29-26)22-13-17(3)34-18(22)4)27(33)30-11-9-20(10-12-30)19-5-7-21(32)8-6-19/h5-9,13-16,32H,10-12H2,1-4H3. The number of aromatic nitrogens is 3. The van der Waals surface area contributed by atoms with Crippen molar-refractivity contribution in [3.05, 3.63) is 71.3 Å². The van der Waals surface area contributed by atoms with Crippen LogP contribution >= 0.6 is 0 Å². The largest absolute Gasteiger partial charge is 0.508 e. The van der Waals surface area contributed by atoms with Crippen LogP contribution in [0.4, 0.5) is 0 Å². The molecule has 5 rings (SSSR count). The summed E-state index contributed by atoms with van der Waals surface area (Å²) < 4.78 is 7.59. The van der Waals surface area contributed by atoms with E-state index in [2.05, 4.69) is 25.0 Å². The molecule has 0 aliphatic carbocycles. The van der Waals surface area contributed by atoms with Gasteiger partial charge in [-0.05, 0) is 69.5 Å². The first-order valence-electron chi connectivity index (χ1n) is 11.5. The highest BCUT2D eigenvalue weighted by atomic mass is 16.3. The molecule has 0 bridgehead atoms. The third kappa shape index (κ3) is 3.87. The van der Waals surface area contributed by atoms with Crippen LogP contribution < -0.4 is 0 Å². The van der Waals surface area contributed by atoms with Crippen molar-refractivity contribution in [3.8, 4) is 17.0 Å². The van der Waals surface area contributed by atoms with Gasteiger partial charge in [-0.2, -0.15) is 5.10 Å². The van der Waals surface area contributed by atoms with Gasteiger partial charge in [0.15, 0.2) is 5.65 Å². The molecule has 3 aromatic heterocycles. The van der Waals surface area contributed by atoms with Crippen molar-refractivity contribution < 1.29 is 14.3 Å². The van der Waals surface area contributed by atoms with Gasteiger partial charge in [0.05, 0.1) is 22.8 Å². The van der Waals surface area contributed by atoms with Crippen LogP contribution in [-0.4, -0.2) is 43.8 Å². The number of benzene rings is 1. The van der Waals surface area contributed by atoms with Gasteiger partial charge in [-0.15, -0.1) is 0 Å². The van der Waals surface area contributed by atoms with E-state index in [1.165, 1.54) is 5.57 Å². The Hall–Kier alpha value is -3.87. The minimum Gasteiger partial charge on any atom is -0.508 e. The molecule has 4 aromatic rings. The Bertz CT molecular complexity index is 1410. The smallest absolute Gasteiger partial charge is 0.255 e. The Morgan fingerprint density at radius 1 is 1.15 bits per heavy atom. The number of carbonyl (C=O) groups is 1. The topological polar surface area (TPSA) is 84.4 Å². The van der Waals surface area contributed by atoms with Crippen molar-refractivity contribution >= 4 is 22.5 Å². The van der Waals surface area contributed by atoms with Gasteiger partial charge in [-0.25, -0.2) is 9.67 Å². The summed E-state index contributed by atoms with van der Waals surface area (Å²) in [7, 11) is 0. The highest BCUT2D eigenvalue weighted by Gasteiger charge is 2.25. The third-order valence-corrected chi connectivity index (χ3v) is 6.34. The molecular formula is C27H28N4O3. The second kappa shape index (κ2) is 8.48. The number of rotatable bonds is 4. The van der Waals surface area contributed by atoms with E-state index in [1.807, 2.05) is 47.7 Å². The highest BCUT2D eigenvalue weighted by Crippen LogP contribution is 2.31. The van der Waals surface area contributed by atoms with Crippen LogP contribution in [0.1, 0.15) is 53.8 Å². The average Bonchev–Trinajstić information content (AvgIpc) is 3.41. The number of hydrogen-bond donors (Lipinski definition) is 1. The van der Waals surface area contributed by atoms with Crippen molar-refractivity contribution in [2.45, 2.75) is 40.2 Å². The summed E-state index contributed by atoms with van der Waals surface area (Å²) in [6.07, 6.45) is 4.59. The Morgan fingerprint density at radius 3 is 2.53 bits per heavy atom. The fraction of sp³-hybridized carbons (Fsp3) is 0.296. The Kier molecular flexibility index (Phi) is 5.48. The fourth-order valence-corrected chi connectivity index (χ4v) is 4.56. The Morgan fingerprint density at radius 2 is 1.91 bits per heavy atom. The van der Waals surface area contributed by atoms with Gasteiger partial charge < -0.3 is 14.4 Å². The van der Waals surface area contributed by atoms with Gasteiger partial charge in [-0.1, -0.05) is 18.2 Å². The van der Waals surface area contributed by atoms with Crippen LogP contribution in [0.5, 0.6) is 5.75 Å². The number of phenols is 1. The second-order valence-electron chi connectivity index (χ2n) is 9.08. The molecule has 0 radical (unpaired) electrons. The van der Waals surface area contributed by atoms with Crippen molar-refractivity contribution in [2.75, 3.05) is 13.1 Å². The molecular weight excluding hydrogens is 428 g/mol. The normalized spacial score (nSPS) is 14.1. The van der Waals surface area contributed by atoms with E-state index < -0.39 is 0 Å². The molecule has 0 atom stereocenters. The zero-order chi connectivity index (χ0) is 24.0. The first kappa shape index (κ1) is 21.9. The van der Waals surface area contributed by atoms with Crippen molar-refractivity contribution in [1.29, 1.82) is 0 Å². The summed E-state index contributed by atoms with van der Waals surface area (Å²) >= 11 is 0. The Balaban J connectivity index is 1.53. The molecule has 1 aliphatic heterocycles. The summed E-state index contributed by atoms with van der Waals surface area (Å²) in [5.74, 6) is 1.80. The van der Waals surface area contributed by atoms with E-state index in [-0.39, 0.29) is 17.7 Å². The van der Waals surface area contributed by atoms with Gasteiger partial charge in [0.25, 0.3) is 5.91 Å². The second-order valence-corrected chi connectivity index (χ2v) is 9.08. The zero-order valence-electron chi connectivity index (χ0n) is 19.9. The van der Waals surface area contributed by atoms with Gasteiger partial charge in [0, 0.05) is 24.7 Å². The molecule has 1 aromatic carbocycles. The summed E-state index contributed by atoms with van der Waals surface area (Å²) in [4.78, 5) is 20.5. The number of phenolic OH excluding ortho intramolecular Hbond substituents is 1. The lowest BCUT2D eigenvalue weighted by Crippen LogP contribution is -2.34. The number of furan rings is 1. The quantitative estimate of drug-likeness (QED) is 0.437. The van der Waals surface area contributed by atoms with Gasteiger partial charge in [-0.3, -0.25) is 4.79 Å². The molecule has 34 heavy (non-hydrogen) atoms. The highest BCUT2D eigenvalue weighted by molar-refractivity contribution is 6.06. The molecule has 1 N–H and O–H groups in total. The first-order valence-corrected chi connectivity index (χ1v) is 11.5. The van der Waals surface area contributed by atoms with Crippen molar-refractivity contribution in [3.63, 3.8) is 0 Å². The summed E-state index contributed by atoms with van der Waals surface area (Å²) in [5, 5.41) is 14.8. The van der Waals surface area contributed by atoms with Gasteiger partial charge in [0.1, 0.15) is 17.3 Å². The molecule has 0 saturated heterocycles. The Labute approximate surface area is 198 Å². The van der Waals surface area contributed by atoms with E-state index in [1.54, 1.807) is 18.3 Å². The monoisotopic (exact) mass is 456 g/mol. The predicted molar refractivity (Wildman–Crippen MR) is 132 cm³/mol. The lowest BCUT2D eigenvalue weighted by molar-refractivity contribution is 0.0775. The molecule has 0 fully saturated rings. The molecule has 0 unspecified atom stereocenters. The average molecular weight is 457 g/mol. The molecule has 7 heteroatoms. The maximum Gasteiger partial charge on any atom is 0.255 e. The maximum atomic E-state index is 13.7. The summed E-state index contributed by atoms with van der Waals surface area (Å²) in [5.41, 5.74) is 5.16. The van der Waals surface area contributed by atoms with E-state index in [9.17, 15) is 9.90 Å². The minimum absolute atomic E-state index is 0.0316. The maximum absolute atomic E-state index is 13.7. The molecule has 4 heterocycles. The van der Waals surface area contributed by atoms with E-state index in [0.717, 1.165) is 34.5 Å². The predicted octanol–water partition coefficient (Wildman–Crippen LogP) is 5.52. The van der Waals surface area contributed by atoms with Gasteiger partial charge in [0.2, 0.25) is 0 Å². The van der Waals surface area contributed by atoms with Crippen LogP contribution in [0.2, 0.25) is 0 Å². The molecule has 1 aliphatic rings. The number of carbonyl (C=O) groups excluding carboxylic acids is 1. The number of hydrogen-bond acceptors (Lipinski definition) is 5. The van der Waals surface area contributed by atoms with Crippen LogP contribution in [0, 0.1) is 13.8 Å². The molecule has 1 amide bonds. The van der Waals surface area contributed by atoms with Crippen molar-refractivity contribution in [1.82, 2.24) is 19.7 Å². The lowest BCUT2D eigenvalue weighted by Gasteiger charge is -2.27. The van der Waals surface area contributed by atoms with Crippen LogP contribution in [-0.2, 0) is 0 Å². The van der Waals surface area contributed by atoms with Crippen LogP contribution in [0.25, 0.3) is 27.9 Å². The number of fused-ring (bicyclic) bond motifs is 1. The summed E-state index contributed by atoms with van der Waals surface area (Å²) in [6, 6.07) is 11.1. The van der Waals surface area contributed by atoms with Crippen LogP contribution in [0.3, 0.4) is 0 Å². The molecule has 7 nitrogen and oxygen atoms in total. The SMILES string of the molecule is Cc1cc(-c2cc(C(=O)N3CC=C(c4ccc(O)cc4)CC3)c3cnn(C(C)C)c3n2)c(C)o1.